The van der Waals surface area contributed by atoms with Crippen molar-refractivity contribution in [3.63, 3.8) is 0 Å². The molecule has 1 aliphatic heterocycles. The smallest absolute Gasteiger partial charge is 0.494 e. The van der Waals surface area contributed by atoms with Crippen LogP contribution >= 0.6 is 0 Å². The molecule has 0 aromatic heterocycles. The van der Waals surface area contributed by atoms with Crippen LogP contribution in [0.3, 0.4) is 0 Å². The normalized spacial score (nSPS) is 17.0. The zero-order valence-electron chi connectivity index (χ0n) is 14.8. The van der Waals surface area contributed by atoms with Crippen molar-refractivity contribution in [2.24, 2.45) is 0 Å². The zero-order chi connectivity index (χ0) is 20.3. The summed E-state index contributed by atoms with van der Waals surface area (Å²) in [7, 11) is 0. The maximum Gasteiger partial charge on any atom is 0.573 e. The summed E-state index contributed by atoms with van der Waals surface area (Å²) < 4.78 is 45.7. The van der Waals surface area contributed by atoms with E-state index < -0.39 is 18.3 Å². The van der Waals surface area contributed by atoms with Crippen molar-refractivity contribution in [3.05, 3.63) is 48.5 Å². The van der Waals surface area contributed by atoms with Gasteiger partial charge in [-0.2, -0.15) is 0 Å². The molecule has 0 saturated carbocycles. The van der Waals surface area contributed by atoms with E-state index in [1.807, 2.05) is 6.92 Å². The summed E-state index contributed by atoms with van der Waals surface area (Å²) in [6, 6.07) is 10.7. The molecule has 2 aromatic carbocycles. The van der Waals surface area contributed by atoms with Crippen LogP contribution in [0.15, 0.2) is 48.5 Å². The Morgan fingerprint density at radius 3 is 2.21 bits per heavy atom. The molecular weight excluding hydrogens is 377 g/mol. The van der Waals surface area contributed by atoms with Crippen molar-refractivity contribution in [3.8, 4) is 11.5 Å². The molecule has 1 atom stereocenters. The second kappa shape index (κ2) is 7.79. The monoisotopic (exact) mass is 394 g/mol. The fraction of sp³-hybridized carbons (Fsp3) is 0.263. The summed E-state index contributed by atoms with van der Waals surface area (Å²) in [6.45, 7) is 2.35. The van der Waals surface area contributed by atoms with Gasteiger partial charge in [-0.05, 0) is 55.5 Å². The minimum absolute atomic E-state index is 0.0627. The van der Waals surface area contributed by atoms with Gasteiger partial charge in [-0.25, -0.2) is 4.90 Å². The van der Waals surface area contributed by atoms with Crippen molar-refractivity contribution >= 4 is 23.2 Å². The molecule has 0 bridgehead atoms. The third-order valence-corrected chi connectivity index (χ3v) is 3.98. The Hall–Kier alpha value is -3.23. The molecule has 0 unspecified atom stereocenters. The van der Waals surface area contributed by atoms with Crippen molar-refractivity contribution < 1.29 is 32.2 Å². The molecule has 2 amide bonds. The first-order valence-electron chi connectivity index (χ1n) is 8.49. The number of imide groups is 1. The predicted molar refractivity (Wildman–Crippen MR) is 95.3 cm³/mol. The number of amides is 2. The van der Waals surface area contributed by atoms with Crippen molar-refractivity contribution in [1.82, 2.24) is 0 Å². The van der Waals surface area contributed by atoms with Crippen LogP contribution in [0, 0.1) is 0 Å². The molecule has 9 heteroatoms. The van der Waals surface area contributed by atoms with Gasteiger partial charge in [0.15, 0.2) is 0 Å². The Kier molecular flexibility index (Phi) is 5.43. The van der Waals surface area contributed by atoms with Gasteiger partial charge in [-0.3, -0.25) is 9.59 Å². The van der Waals surface area contributed by atoms with Crippen LogP contribution in [0.1, 0.15) is 13.3 Å². The number of hydrogen-bond donors (Lipinski definition) is 1. The summed E-state index contributed by atoms with van der Waals surface area (Å²) in [6.07, 6.45) is -4.84. The minimum Gasteiger partial charge on any atom is -0.494 e. The lowest BCUT2D eigenvalue weighted by Gasteiger charge is -2.17. The van der Waals surface area contributed by atoms with Gasteiger partial charge < -0.3 is 14.8 Å². The molecule has 1 heterocycles. The van der Waals surface area contributed by atoms with E-state index in [-0.39, 0.29) is 18.1 Å². The molecule has 1 N–H and O–H groups in total. The van der Waals surface area contributed by atoms with Crippen LogP contribution in [0.5, 0.6) is 11.5 Å². The maximum absolute atomic E-state index is 12.6. The highest BCUT2D eigenvalue weighted by Gasteiger charge is 2.39. The average molecular weight is 394 g/mol. The first-order valence-corrected chi connectivity index (χ1v) is 8.49. The van der Waals surface area contributed by atoms with Crippen molar-refractivity contribution in [2.45, 2.75) is 25.7 Å². The third kappa shape index (κ3) is 4.54. The summed E-state index contributed by atoms with van der Waals surface area (Å²) >= 11 is 0. The van der Waals surface area contributed by atoms with Crippen LogP contribution in [-0.2, 0) is 9.59 Å². The summed E-state index contributed by atoms with van der Waals surface area (Å²) in [5, 5.41) is 2.87. The number of nitrogens with zero attached hydrogens (tertiary/aromatic N) is 1. The molecule has 1 saturated heterocycles. The summed E-state index contributed by atoms with van der Waals surface area (Å²) in [5.74, 6) is -0.558. The van der Waals surface area contributed by atoms with E-state index in [0.717, 1.165) is 17.0 Å². The van der Waals surface area contributed by atoms with Gasteiger partial charge in [0.05, 0.1) is 18.7 Å². The highest BCUT2D eigenvalue weighted by Crippen LogP contribution is 2.28. The molecule has 2 aromatic rings. The number of halogens is 3. The van der Waals surface area contributed by atoms with Crippen molar-refractivity contribution in [1.29, 1.82) is 0 Å². The number of benzene rings is 2. The topological polar surface area (TPSA) is 67.9 Å². The Labute approximate surface area is 158 Å². The van der Waals surface area contributed by atoms with E-state index in [1.165, 1.54) is 12.1 Å². The predicted octanol–water partition coefficient (Wildman–Crippen LogP) is 3.73. The Bertz CT molecular complexity index is 851. The fourth-order valence-electron chi connectivity index (χ4n) is 2.83. The molecule has 28 heavy (non-hydrogen) atoms. The van der Waals surface area contributed by atoms with Gasteiger partial charge >= 0.3 is 6.36 Å². The number of anilines is 2. The van der Waals surface area contributed by atoms with Crippen LogP contribution in [0.4, 0.5) is 24.5 Å². The lowest BCUT2D eigenvalue weighted by atomic mass is 10.2. The van der Waals surface area contributed by atoms with Gasteiger partial charge in [-0.15, -0.1) is 13.2 Å². The quantitative estimate of drug-likeness (QED) is 0.757. The highest BCUT2D eigenvalue weighted by molar-refractivity contribution is 6.23. The standard InChI is InChI=1S/C19H17F3N2O4/c1-2-27-14-9-5-13(6-10-14)24-17(25)11-16(18(24)26)23-12-3-7-15(8-4-12)28-19(20,21)22/h3-10,16,23H,2,11H2,1H3/t16-/m1/s1. The SMILES string of the molecule is CCOc1ccc(N2C(=O)C[C@@H](Nc3ccc(OC(F)(F)F)cc3)C2=O)cc1. The van der Waals surface area contributed by atoms with Crippen molar-refractivity contribution in [2.75, 3.05) is 16.8 Å². The molecule has 148 valence electrons. The second-order valence-electron chi connectivity index (χ2n) is 5.97. The number of carbonyl (C=O) groups excluding carboxylic acids is 2. The van der Waals surface area contributed by atoms with E-state index in [2.05, 4.69) is 10.1 Å². The molecule has 1 fully saturated rings. The molecule has 0 aliphatic carbocycles. The number of carbonyl (C=O) groups is 2. The number of nitrogens with one attached hydrogen (secondary N) is 1. The third-order valence-electron chi connectivity index (χ3n) is 3.98. The van der Waals surface area contributed by atoms with E-state index >= 15 is 0 Å². The maximum atomic E-state index is 12.6. The summed E-state index contributed by atoms with van der Waals surface area (Å²) in [5.41, 5.74) is 0.825. The van der Waals surface area contributed by atoms with Gasteiger partial charge in [-0.1, -0.05) is 0 Å². The number of alkyl halides is 3. The van der Waals surface area contributed by atoms with Crippen LogP contribution < -0.4 is 19.7 Å². The molecule has 0 radical (unpaired) electrons. The van der Waals surface area contributed by atoms with E-state index in [4.69, 9.17) is 4.74 Å². The largest absolute Gasteiger partial charge is 0.573 e. The molecule has 3 rings (SSSR count). The van der Waals surface area contributed by atoms with E-state index in [9.17, 15) is 22.8 Å². The van der Waals surface area contributed by atoms with Crippen LogP contribution in [0.25, 0.3) is 0 Å². The number of hydrogen-bond acceptors (Lipinski definition) is 5. The highest BCUT2D eigenvalue weighted by atomic mass is 19.4. The second-order valence-corrected chi connectivity index (χ2v) is 5.97. The zero-order valence-corrected chi connectivity index (χ0v) is 14.8. The Morgan fingerprint density at radius 1 is 1.04 bits per heavy atom. The van der Waals surface area contributed by atoms with Gasteiger partial charge in [0.25, 0.3) is 5.91 Å². The average Bonchev–Trinajstić information content (AvgIpc) is 2.90. The van der Waals surface area contributed by atoms with E-state index in [0.29, 0.717) is 23.7 Å². The Morgan fingerprint density at radius 2 is 1.64 bits per heavy atom. The lowest BCUT2D eigenvalue weighted by Crippen LogP contribution is -2.34. The van der Waals surface area contributed by atoms with Gasteiger partial charge in [0.2, 0.25) is 5.91 Å². The van der Waals surface area contributed by atoms with Gasteiger partial charge in [0, 0.05) is 5.69 Å². The fourth-order valence-corrected chi connectivity index (χ4v) is 2.83. The molecule has 6 nitrogen and oxygen atoms in total. The van der Waals surface area contributed by atoms with Gasteiger partial charge in [0.1, 0.15) is 17.5 Å². The molecular formula is C19H17F3N2O4. The first-order chi connectivity index (χ1) is 13.3. The molecule has 1 aliphatic rings. The Balaban J connectivity index is 1.68. The first kappa shape index (κ1) is 19.5. The number of ether oxygens (including phenoxy) is 2. The van der Waals surface area contributed by atoms with Crippen LogP contribution in [0.2, 0.25) is 0 Å². The number of rotatable bonds is 6. The molecule has 0 spiro atoms. The van der Waals surface area contributed by atoms with E-state index in [1.54, 1.807) is 24.3 Å². The van der Waals surface area contributed by atoms with Crippen LogP contribution in [-0.4, -0.2) is 30.8 Å². The lowest BCUT2D eigenvalue weighted by molar-refractivity contribution is -0.274. The summed E-state index contributed by atoms with van der Waals surface area (Å²) in [4.78, 5) is 26.0. The minimum atomic E-state index is -4.78.